The van der Waals surface area contributed by atoms with E-state index in [0.717, 1.165) is 38.5 Å². The Hall–Kier alpha value is -1.73. The molecule has 2 atom stereocenters. The van der Waals surface area contributed by atoms with Crippen LogP contribution in [0.15, 0.2) is 12.3 Å². The molecule has 126 valence electrons. The van der Waals surface area contributed by atoms with Crippen LogP contribution in [0.1, 0.15) is 31.2 Å². The number of primary amides is 1. The van der Waals surface area contributed by atoms with Crippen molar-refractivity contribution in [1.82, 2.24) is 4.98 Å². The maximum atomic E-state index is 13.4. The first-order chi connectivity index (χ1) is 11.1. The maximum absolute atomic E-state index is 13.4. The van der Waals surface area contributed by atoms with E-state index in [2.05, 4.69) is 9.88 Å². The number of piperidine rings is 1. The number of carbonyl (C=O) groups excluding carboxylic acids is 1. The molecule has 2 aliphatic heterocycles. The van der Waals surface area contributed by atoms with Gasteiger partial charge in [-0.1, -0.05) is 0 Å². The molecule has 0 bridgehead atoms. The van der Waals surface area contributed by atoms with Crippen molar-refractivity contribution in [2.24, 2.45) is 11.7 Å². The minimum atomic E-state index is -0.483. The second kappa shape index (κ2) is 6.80. The van der Waals surface area contributed by atoms with Crippen molar-refractivity contribution in [2.45, 2.75) is 44.5 Å². The fourth-order valence-electron chi connectivity index (χ4n) is 3.48. The van der Waals surface area contributed by atoms with Crippen molar-refractivity contribution in [1.29, 1.82) is 0 Å². The molecule has 3 rings (SSSR count). The summed E-state index contributed by atoms with van der Waals surface area (Å²) in [6.45, 7) is 1.27. The van der Waals surface area contributed by atoms with Crippen molar-refractivity contribution < 1.29 is 19.0 Å². The van der Waals surface area contributed by atoms with E-state index in [4.69, 9.17) is 15.6 Å². The lowest BCUT2D eigenvalue weighted by Crippen LogP contribution is -2.39. The zero-order valence-corrected chi connectivity index (χ0v) is 12.9. The number of halogens is 1. The number of pyridine rings is 1. The molecular formula is C16H22FN3O3. The van der Waals surface area contributed by atoms with E-state index in [1.165, 1.54) is 0 Å². The van der Waals surface area contributed by atoms with E-state index in [9.17, 15) is 9.18 Å². The molecule has 3 heterocycles. The van der Waals surface area contributed by atoms with E-state index >= 15 is 0 Å². The van der Waals surface area contributed by atoms with E-state index < -0.39 is 11.9 Å². The summed E-state index contributed by atoms with van der Waals surface area (Å²) >= 11 is 0. The zero-order chi connectivity index (χ0) is 16.4. The van der Waals surface area contributed by atoms with Crippen LogP contribution in [0, 0.1) is 11.7 Å². The molecule has 23 heavy (non-hydrogen) atoms. The number of ether oxygens (including phenoxy) is 1. The van der Waals surface area contributed by atoms with Crippen LogP contribution >= 0.6 is 0 Å². The molecule has 3 N–H and O–H groups in total. The van der Waals surface area contributed by atoms with Crippen LogP contribution in [0.5, 0.6) is 0 Å². The Morgan fingerprint density at radius 2 is 2.13 bits per heavy atom. The number of nitrogens with two attached hydrogens (primary N) is 1. The van der Waals surface area contributed by atoms with Gasteiger partial charge in [-0.05, 0) is 37.7 Å². The monoisotopic (exact) mass is 323 g/mol. The quantitative estimate of drug-likeness (QED) is 0.862. The summed E-state index contributed by atoms with van der Waals surface area (Å²) in [5.74, 6) is 0.240. The highest BCUT2D eigenvalue weighted by Gasteiger charge is 2.35. The Morgan fingerprint density at radius 3 is 2.74 bits per heavy atom. The van der Waals surface area contributed by atoms with Crippen molar-refractivity contribution in [3.8, 4) is 0 Å². The standard InChI is InChI=1S/C16H22FN3O3/c17-12-8-19-15(7-11(12)9-21)20-5-3-10(4-6-20)13-1-2-14(23-13)16(18)22/h7-8,10,13-14,21H,1-6,9H2,(H2,18,22)/t13-,14+/m0/s1. The summed E-state index contributed by atoms with van der Waals surface area (Å²) in [4.78, 5) is 17.4. The van der Waals surface area contributed by atoms with Gasteiger partial charge in [0.1, 0.15) is 17.7 Å². The Balaban J connectivity index is 1.57. The molecule has 0 spiro atoms. The van der Waals surface area contributed by atoms with Crippen LogP contribution in [0.3, 0.4) is 0 Å². The maximum Gasteiger partial charge on any atom is 0.246 e. The zero-order valence-electron chi connectivity index (χ0n) is 12.9. The topological polar surface area (TPSA) is 88.7 Å². The van der Waals surface area contributed by atoms with Crippen LogP contribution in [0.4, 0.5) is 10.2 Å². The second-order valence-electron chi connectivity index (χ2n) is 6.26. The molecule has 0 radical (unpaired) electrons. The van der Waals surface area contributed by atoms with Crippen molar-refractivity contribution in [2.75, 3.05) is 18.0 Å². The SMILES string of the molecule is NC(=O)[C@H]1CC[C@@H](C2CCN(c3cc(CO)c(F)cn3)CC2)O1. The Morgan fingerprint density at radius 1 is 1.39 bits per heavy atom. The number of carbonyl (C=O) groups is 1. The lowest BCUT2D eigenvalue weighted by Gasteiger charge is -2.35. The number of hydrogen-bond donors (Lipinski definition) is 2. The Labute approximate surface area is 134 Å². The van der Waals surface area contributed by atoms with Crippen LogP contribution in [0.2, 0.25) is 0 Å². The first-order valence-corrected chi connectivity index (χ1v) is 8.03. The number of hydrogen-bond acceptors (Lipinski definition) is 5. The Kier molecular flexibility index (Phi) is 4.77. The number of rotatable bonds is 4. The lowest BCUT2D eigenvalue weighted by atomic mass is 9.89. The van der Waals surface area contributed by atoms with E-state index in [1.807, 2.05) is 0 Å². The van der Waals surface area contributed by atoms with Gasteiger partial charge in [-0.2, -0.15) is 0 Å². The third-order valence-corrected chi connectivity index (χ3v) is 4.85. The largest absolute Gasteiger partial charge is 0.392 e. The third kappa shape index (κ3) is 3.45. The summed E-state index contributed by atoms with van der Waals surface area (Å²) in [5, 5.41) is 9.16. The van der Waals surface area contributed by atoms with Gasteiger partial charge in [-0.15, -0.1) is 0 Å². The van der Waals surface area contributed by atoms with Crippen molar-refractivity contribution in [3.05, 3.63) is 23.6 Å². The minimum absolute atomic E-state index is 0.101. The van der Waals surface area contributed by atoms with Crippen molar-refractivity contribution >= 4 is 11.7 Å². The van der Waals surface area contributed by atoms with Gasteiger partial charge in [0.2, 0.25) is 5.91 Å². The predicted octanol–water partition coefficient (Wildman–Crippen LogP) is 0.962. The first kappa shape index (κ1) is 16.1. The van der Waals surface area contributed by atoms with Crippen molar-refractivity contribution in [3.63, 3.8) is 0 Å². The van der Waals surface area contributed by atoms with Gasteiger partial charge in [0.15, 0.2) is 0 Å². The highest BCUT2D eigenvalue weighted by Crippen LogP contribution is 2.32. The molecule has 2 aliphatic rings. The number of nitrogens with zero attached hydrogens (tertiary/aromatic N) is 2. The van der Waals surface area contributed by atoms with E-state index in [-0.39, 0.29) is 24.2 Å². The lowest BCUT2D eigenvalue weighted by molar-refractivity contribution is -0.130. The van der Waals surface area contributed by atoms with Crippen LogP contribution in [0.25, 0.3) is 0 Å². The molecule has 2 saturated heterocycles. The van der Waals surface area contributed by atoms with E-state index in [0.29, 0.717) is 18.2 Å². The molecule has 1 amide bonds. The minimum Gasteiger partial charge on any atom is -0.392 e. The van der Waals surface area contributed by atoms with Crippen LogP contribution < -0.4 is 10.6 Å². The first-order valence-electron chi connectivity index (χ1n) is 8.03. The normalized spacial score (nSPS) is 25.7. The second-order valence-corrected chi connectivity index (χ2v) is 6.26. The van der Waals surface area contributed by atoms with Gasteiger partial charge in [0.25, 0.3) is 0 Å². The molecule has 0 unspecified atom stereocenters. The van der Waals surface area contributed by atoms with Gasteiger partial charge in [-0.25, -0.2) is 9.37 Å². The van der Waals surface area contributed by atoms with Gasteiger partial charge in [-0.3, -0.25) is 4.79 Å². The fourth-order valence-corrected chi connectivity index (χ4v) is 3.48. The molecule has 0 aromatic carbocycles. The highest BCUT2D eigenvalue weighted by atomic mass is 19.1. The summed E-state index contributed by atoms with van der Waals surface area (Å²) < 4.78 is 19.2. The molecule has 7 heteroatoms. The summed E-state index contributed by atoms with van der Waals surface area (Å²) in [6.07, 6.45) is 4.27. The number of aromatic nitrogens is 1. The molecule has 1 aromatic heterocycles. The molecule has 0 aliphatic carbocycles. The summed E-state index contributed by atoms with van der Waals surface area (Å²) in [6, 6.07) is 1.60. The number of anilines is 1. The molecular weight excluding hydrogens is 301 g/mol. The predicted molar refractivity (Wildman–Crippen MR) is 82.1 cm³/mol. The van der Waals surface area contributed by atoms with Gasteiger partial charge in [0.05, 0.1) is 18.9 Å². The van der Waals surface area contributed by atoms with Crippen LogP contribution in [-0.2, 0) is 16.1 Å². The summed E-state index contributed by atoms with van der Waals surface area (Å²) in [7, 11) is 0. The molecule has 0 saturated carbocycles. The van der Waals surface area contributed by atoms with Gasteiger partial charge >= 0.3 is 0 Å². The smallest absolute Gasteiger partial charge is 0.246 e. The van der Waals surface area contributed by atoms with E-state index in [1.54, 1.807) is 6.07 Å². The molecule has 2 fully saturated rings. The summed E-state index contributed by atoms with van der Waals surface area (Å²) in [5.41, 5.74) is 5.56. The average Bonchev–Trinajstić information content (AvgIpc) is 3.06. The third-order valence-electron chi connectivity index (χ3n) is 4.85. The number of amides is 1. The molecule has 6 nitrogen and oxygen atoms in total. The van der Waals surface area contributed by atoms with Crippen LogP contribution in [-0.4, -0.2) is 41.3 Å². The highest BCUT2D eigenvalue weighted by molar-refractivity contribution is 5.79. The number of aliphatic hydroxyl groups is 1. The Bertz CT molecular complexity index is 576. The van der Waals surface area contributed by atoms with Gasteiger partial charge < -0.3 is 20.5 Å². The average molecular weight is 323 g/mol. The number of aliphatic hydroxyl groups excluding tert-OH is 1. The fraction of sp³-hybridized carbons (Fsp3) is 0.625. The van der Waals surface area contributed by atoms with Gasteiger partial charge in [0, 0.05) is 18.7 Å². The molecule has 1 aromatic rings.